The Hall–Kier alpha value is -0.910. The SMILES string of the molecule is CCS(=O)CCNC(=O)CC(CC)(CC)C(=O)O. The number of carboxylic acid groups (broad SMARTS) is 1. The largest absolute Gasteiger partial charge is 0.481 e. The molecule has 0 saturated heterocycles. The van der Waals surface area contributed by atoms with Crippen molar-refractivity contribution in [1.29, 1.82) is 0 Å². The third kappa shape index (κ3) is 5.16. The zero-order chi connectivity index (χ0) is 14.2. The quantitative estimate of drug-likeness (QED) is 0.662. The highest BCUT2D eigenvalue weighted by molar-refractivity contribution is 7.84. The predicted octanol–water partition coefficient (Wildman–Crippen LogP) is 1.15. The second-order valence-corrected chi connectivity index (χ2v) is 6.12. The molecule has 18 heavy (non-hydrogen) atoms. The van der Waals surface area contributed by atoms with Crippen molar-refractivity contribution < 1.29 is 18.9 Å². The van der Waals surface area contributed by atoms with Gasteiger partial charge in [0, 0.05) is 35.3 Å². The Balaban J connectivity index is 4.28. The second-order valence-electron chi connectivity index (χ2n) is 4.25. The Bertz CT molecular complexity index is 313. The molecule has 0 aliphatic rings. The van der Waals surface area contributed by atoms with Crippen LogP contribution in [-0.2, 0) is 20.4 Å². The van der Waals surface area contributed by atoms with E-state index >= 15 is 0 Å². The van der Waals surface area contributed by atoms with Gasteiger partial charge < -0.3 is 10.4 Å². The van der Waals surface area contributed by atoms with Crippen LogP contribution in [-0.4, -0.2) is 39.2 Å². The summed E-state index contributed by atoms with van der Waals surface area (Å²) in [6, 6.07) is 0. The number of nitrogens with one attached hydrogen (secondary N) is 1. The molecule has 1 atom stereocenters. The van der Waals surface area contributed by atoms with Crippen molar-refractivity contribution in [3.8, 4) is 0 Å². The van der Waals surface area contributed by atoms with Gasteiger partial charge in [-0.05, 0) is 12.8 Å². The number of hydrogen-bond donors (Lipinski definition) is 2. The molecule has 0 aliphatic heterocycles. The van der Waals surface area contributed by atoms with Gasteiger partial charge in [-0.1, -0.05) is 20.8 Å². The van der Waals surface area contributed by atoms with Gasteiger partial charge in [-0.15, -0.1) is 0 Å². The minimum atomic E-state index is -0.978. The molecule has 0 fully saturated rings. The van der Waals surface area contributed by atoms with Crippen molar-refractivity contribution in [3.63, 3.8) is 0 Å². The van der Waals surface area contributed by atoms with Crippen LogP contribution in [0, 0.1) is 5.41 Å². The number of rotatable bonds is 9. The lowest BCUT2D eigenvalue weighted by Gasteiger charge is -2.25. The summed E-state index contributed by atoms with van der Waals surface area (Å²) in [6.07, 6.45) is 0.828. The van der Waals surface area contributed by atoms with E-state index in [2.05, 4.69) is 5.32 Å². The first-order valence-corrected chi connectivity index (χ1v) is 7.75. The van der Waals surface area contributed by atoms with Crippen LogP contribution in [0.25, 0.3) is 0 Å². The van der Waals surface area contributed by atoms with Gasteiger partial charge in [-0.2, -0.15) is 0 Å². The van der Waals surface area contributed by atoms with E-state index in [0.29, 0.717) is 30.9 Å². The molecule has 0 aromatic heterocycles. The predicted molar refractivity (Wildman–Crippen MR) is 71.8 cm³/mol. The number of aliphatic carboxylic acids is 1. The summed E-state index contributed by atoms with van der Waals surface area (Å²) in [7, 11) is -0.910. The lowest BCUT2D eigenvalue weighted by molar-refractivity contribution is -0.152. The standard InChI is InChI=1S/C12H23NO4S/c1-4-12(5-2,11(15)16)9-10(14)13-7-8-18(17)6-3/h4-9H2,1-3H3,(H,13,14)(H,15,16). The first kappa shape index (κ1) is 17.1. The summed E-state index contributed by atoms with van der Waals surface area (Å²) in [4.78, 5) is 22.9. The normalized spacial score (nSPS) is 13.1. The number of carboxylic acids is 1. The molecular formula is C12H23NO4S. The van der Waals surface area contributed by atoms with Gasteiger partial charge in [-0.25, -0.2) is 0 Å². The van der Waals surface area contributed by atoms with Crippen LogP contribution in [0.5, 0.6) is 0 Å². The molecule has 0 rings (SSSR count). The van der Waals surface area contributed by atoms with Crippen LogP contribution in [0.4, 0.5) is 0 Å². The molecule has 0 heterocycles. The Morgan fingerprint density at radius 1 is 1.22 bits per heavy atom. The summed E-state index contributed by atoms with van der Waals surface area (Å²) >= 11 is 0. The third-order valence-electron chi connectivity index (χ3n) is 3.28. The fraction of sp³-hybridized carbons (Fsp3) is 0.833. The molecule has 0 saturated carbocycles. The summed E-state index contributed by atoms with van der Waals surface area (Å²) in [5, 5.41) is 11.8. The molecular weight excluding hydrogens is 254 g/mol. The molecule has 106 valence electrons. The summed E-state index contributed by atoms with van der Waals surface area (Å²) < 4.78 is 11.2. The smallest absolute Gasteiger partial charge is 0.310 e. The lowest BCUT2D eigenvalue weighted by atomic mass is 9.79. The highest BCUT2D eigenvalue weighted by atomic mass is 32.2. The fourth-order valence-corrected chi connectivity index (χ4v) is 2.31. The van der Waals surface area contributed by atoms with Gasteiger partial charge in [0.05, 0.1) is 5.41 Å². The van der Waals surface area contributed by atoms with E-state index in [0.717, 1.165) is 0 Å². The van der Waals surface area contributed by atoms with Crippen LogP contribution >= 0.6 is 0 Å². The fourth-order valence-electron chi connectivity index (χ4n) is 1.70. The van der Waals surface area contributed by atoms with Crippen molar-refractivity contribution in [2.75, 3.05) is 18.1 Å². The monoisotopic (exact) mass is 277 g/mol. The molecule has 0 bridgehead atoms. The molecule has 0 radical (unpaired) electrons. The molecule has 1 unspecified atom stereocenters. The molecule has 1 amide bonds. The highest BCUT2D eigenvalue weighted by Crippen LogP contribution is 2.30. The maximum Gasteiger partial charge on any atom is 0.310 e. The summed E-state index contributed by atoms with van der Waals surface area (Å²) in [5.41, 5.74) is -0.978. The molecule has 5 nitrogen and oxygen atoms in total. The van der Waals surface area contributed by atoms with E-state index in [4.69, 9.17) is 0 Å². The zero-order valence-corrected chi connectivity index (χ0v) is 12.1. The Labute approximate surface area is 111 Å². The van der Waals surface area contributed by atoms with E-state index in [1.54, 1.807) is 13.8 Å². The number of hydrogen-bond acceptors (Lipinski definition) is 3. The first-order valence-electron chi connectivity index (χ1n) is 6.26. The van der Waals surface area contributed by atoms with Crippen LogP contribution in [0.3, 0.4) is 0 Å². The number of amides is 1. The molecule has 6 heteroatoms. The lowest BCUT2D eigenvalue weighted by Crippen LogP contribution is -2.38. The van der Waals surface area contributed by atoms with Gasteiger partial charge in [0.15, 0.2) is 0 Å². The van der Waals surface area contributed by atoms with Crippen molar-refractivity contribution in [1.82, 2.24) is 5.32 Å². The van der Waals surface area contributed by atoms with Crippen LogP contribution in [0.15, 0.2) is 0 Å². The van der Waals surface area contributed by atoms with Crippen LogP contribution < -0.4 is 5.32 Å². The molecule has 0 aliphatic carbocycles. The minimum Gasteiger partial charge on any atom is -0.481 e. The average molecular weight is 277 g/mol. The second kappa shape index (κ2) is 8.24. The average Bonchev–Trinajstić information content (AvgIpc) is 2.35. The van der Waals surface area contributed by atoms with E-state index in [1.165, 1.54) is 0 Å². The van der Waals surface area contributed by atoms with Gasteiger partial charge >= 0.3 is 5.97 Å². The number of carbonyl (C=O) groups is 2. The Morgan fingerprint density at radius 2 is 1.78 bits per heavy atom. The van der Waals surface area contributed by atoms with Gasteiger partial charge in [0.1, 0.15) is 0 Å². The van der Waals surface area contributed by atoms with Gasteiger partial charge in [-0.3, -0.25) is 13.8 Å². The van der Waals surface area contributed by atoms with Crippen molar-refractivity contribution in [3.05, 3.63) is 0 Å². The molecule has 0 aromatic carbocycles. The number of carbonyl (C=O) groups excluding carboxylic acids is 1. The summed E-state index contributed by atoms with van der Waals surface area (Å²) in [6.45, 7) is 5.71. The molecule has 2 N–H and O–H groups in total. The van der Waals surface area contributed by atoms with Crippen molar-refractivity contribution in [2.45, 2.75) is 40.0 Å². The third-order valence-corrected chi connectivity index (χ3v) is 4.58. The van der Waals surface area contributed by atoms with Crippen molar-refractivity contribution in [2.24, 2.45) is 5.41 Å². The topological polar surface area (TPSA) is 83.5 Å². The van der Waals surface area contributed by atoms with E-state index in [9.17, 15) is 18.9 Å². The Morgan fingerprint density at radius 3 is 2.17 bits per heavy atom. The van der Waals surface area contributed by atoms with Gasteiger partial charge in [0.2, 0.25) is 5.91 Å². The van der Waals surface area contributed by atoms with Gasteiger partial charge in [0.25, 0.3) is 0 Å². The first-order chi connectivity index (χ1) is 8.41. The minimum absolute atomic E-state index is 0.0197. The van der Waals surface area contributed by atoms with E-state index in [-0.39, 0.29) is 12.3 Å². The maximum atomic E-state index is 11.7. The summed E-state index contributed by atoms with van der Waals surface area (Å²) in [5.74, 6) is -0.228. The highest BCUT2D eigenvalue weighted by Gasteiger charge is 2.36. The zero-order valence-electron chi connectivity index (χ0n) is 11.3. The van der Waals surface area contributed by atoms with Crippen LogP contribution in [0.1, 0.15) is 40.0 Å². The van der Waals surface area contributed by atoms with Crippen LogP contribution in [0.2, 0.25) is 0 Å². The van der Waals surface area contributed by atoms with E-state index < -0.39 is 22.2 Å². The van der Waals surface area contributed by atoms with E-state index in [1.807, 2.05) is 6.92 Å². The molecule has 0 spiro atoms. The molecule has 0 aromatic rings. The maximum absolute atomic E-state index is 11.7. The van der Waals surface area contributed by atoms with Crippen molar-refractivity contribution >= 4 is 22.7 Å². The Kier molecular flexibility index (Phi) is 7.82.